The molecule has 1 aliphatic heterocycles. The summed E-state index contributed by atoms with van der Waals surface area (Å²) in [6.45, 7) is 7.55. The van der Waals surface area contributed by atoms with E-state index in [4.69, 9.17) is 32.2 Å². The van der Waals surface area contributed by atoms with Crippen molar-refractivity contribution in [3.8, 4) is 0 Å². The summed E-state index contributed by atoms with van der Waals surface area (Å²) in [7, 11) is -0.932. The Morgan fingerprint density at radius 1 is 1.04 bits per heavy atom. The molecule has 5 heteroatoms. The van der Waals surface area contributed by atoms with Gasteiger partial charge >= 0.3 is 7.12 Å². The minimum Gasteiger partial charge on any atom is -0.456 e. The van der Waals surface area contributed by atoms with E-state index in [9.17, 15) is 0 Å². The summed E-state index contributed by atoms with van der Waals surface area (Å²) in [6.07, 6.45) is 0. The molecule has 0 unspecified atom stereocenters. The zero-order chi connectivity index (χ0) is 20.8. The largest absolute Gasteiger partial charge is 0.495 e. The smallest absolute Gasteiger partial charge is 0.456 e. The highest BCUT2D eigenvalue weighted by molar-refractivity contribution is 6.66. The Balaban J connectivity index is 2.13. The molecule has 0 atom stereocenters. The van der Waals surface area contributed by atoms with Gasteiger partial charge in [0.05, 0.1) is 18.1 Å². The number of benzene rings is 2. The molecule has 0 spiro atoms. The van der Waals surface area contributed by atoms with E-state index in [0.29, 0.717) is 16.2 Å². The van der Waals surface area contributed by atoms with Crippen molar-refractivity contribution in [1.29, 1.82) is 0 Å². The van der Waals surface area contributed by atoms with Crippen LogP contribution in [0.1, 0.15) is 34.5 Å². The highest BCUT2D eigenvalue weighted by Crippen LogP contribution is 2.38. The van der Waals surface area contributed by atoms with Crippen LogP contribution in [-0.2, 0) is 9.31 Å². The van der Waals surface area contributed by atoms with Gasteiger partial charge in [0.2, 0.25) is 0 Å². The molecule has 3 aromatic rings. The second-order valence-corrected chi connectivity index (χ2v) is 7.03. The monoisotopic (exact) mass is 333 g/mol. The average Bonchev–Trinajstić information content (AvgIpc) is 3.06. The summed E-state index contributed by atoms with van der Waals surface area (Å²) in [5.41, 5.74) is -0.858. The molecule has 1 aromatic heterocycles. The van der Waals surface area contributed by atoms with E-state index in [-0.39, 0.29) is 46.4 Å². The fourth-order valence-electron chi connectivity index (χ4n) is 2.68. The van der Waals surface area contributed by atoms with Crippen LogP contribution in [0.4, 0.5) is 0 Å². The molecule has 1 saturated heterocycles. The van der Waals surface area contributed by atoms with Crippen molar-refractivity contribution < 1.29 is 20.6 Å². The van der Waals surface area contributed by atoms with Gasteiger partial charge in [0.1, 0.15) is 11.2 Å². The molecule has 3 nitrogen and oxygen atoms in total. The molecular formula is C18H18BClO3. The molecule has 23 heavy (non-hydrogen) atoms. The Morgan fingerprint density at radius 3 is 2.43 bits per heavy atom. The van der Waals surface area contributed by atoms with E-state index >= 15 is 0 Å². The van der Waals surface area contributed by atoms with Crippen LogP contribution in [0.25, 0.3) is 21.9 Å². The van der Waals surface area contributed by atoms with Crippen molar-refractivity contribution in [2.45, 2.75) is 38.9 Å². The predicted octanol–water partition coefficient (Wildman–Crippen LogP) is 4.54. The lowest BCUT2D eigenvalue weighted by molar-refractivity contribution is 0.00578. The van der Waals surface area contributed by atoms with Crippen LogP contribution < -0.4 is 5.46 Å². The van der Waals surface area contributed by atoms with Crippen LogP contribution in [0.3, 0.4) is 0 Å². The maximum atomic E-state index is 8.52. The lowest BCUT2D eigenvalue weighted by atomic mass is 9.76. The van der Waals surface area contributed by atoms with E-state index in [1.807, 2.05) is 27.7 Å². The summed E-state index contributed by atoms with van der Waals surface area (Å²) in [4.78, 5) is 0. The second kappa shape index (κ2) is 4.76. The SMILES string of the molecule is [2H]c1cc2c(oc3c([2H])c(Cl)c([2H])c(B4OC(C)(C)C(C)(C)O4)c32)c([2H])c1[2H]. The van der Waals surface area contributed by atoms with Gasteiger partial charge in [-0.2, -0.15) is 0 Å². The van der Waals surface area contributed by atoms with E-state index < -0.39 is 18.3 Å². The molecule has 1 fully saturated rings. The highest BCUT2D eigenvalue weighted by atomic mass is 35.5. The first-order chi connectivity index (χ1) is 12.9. The Morgan fingerprint density at radius 2 is 1.74 bits per heavy atom. The topological polar surface area (TPSA) is 31.6 Å². The Bertz CT molecular complexity index is 1140. The molecule has 1 aliphatic rings. The van der Waals surface area contributed by atoms with Gasteiger partial charge in [0.15, 0.2) is 0 Å². The van der Waals surface area contributed by atoms with Gasteiger partial charge in [0.25, 0.3) is 0 Å². The van der Waals surface area contributed by atoms with Crippen molar-refractivity contribution in [3.05, 3.63) is 41.3 Å². The van der Waals surface area contributed by atoms with Crippen LogP contribution >= 0.6 is 11.6 Å². The fourth-order valence-corrected chi connectivity index (χ4v) is 2.87. The third-order valence-corrected chi connectivity index (χ3v) is 4.82. The first-order valence-electron chi connectivity index (χ1n) is 9.84. The number of halogens is 1. The van der Waals surface area contributed by atoms with Crippen LogP contribution in [0, 0.1) is 0 Å². The van der Waals surface area contributed by atoms with Gasteiger partial charge in [0, 0.05) is 21.8 Å². The molecular weight excluding hydrogens is 310 g/mol. The maximum absolute atomic E-state index is 8.52. The third kappa shape index (κ3) is 2.20. The van der Waals surface area contributed by atoms with Crippen molar-refractivity contribution in [2.75, 3.05) is 0 Å². The number of para-hydroxylation sites is 1. The van der Waals surface area contributed by atoms with Gasteiger partial charge in [-0.3, -0.25) is 0 Å². The van der Waals surface area contributed by atoms with Crippen LogP contribution in [-0.4, -0.2) is 18.3 Å². The number of hydrogen-bond acceptors (Lipinski definition) is 3. The minimum atomic E-state index is -0.932. The van der Waals surface area contributed by atoms with Crippen molar-refractivity contribution in [2.24, 2.45) is 0 Å². The zero-order valence-corrected chi connectivity index (χ0v) is 14.0. The summed E-state index contributed by atoms with van der Waals surface area (Å²) in [5.74, 6) is 0. The number of fused-ring (bicyclic) bond motifs is 3. The molecule has 2 aromatic carbocycles. The Kier molecular flexibility index (Phi) is 2.15. The van der Waals surface area contributed by atoms with Crippen LogP contribution in [0.5, 0.6) is 0 Å². The normalized spacial score (nSPS) is 22.8. The molecule has 0 N–H and O–H groups in total. The van der Waals surface area contributed by atoms with Crippen molar-refractivity contribution >= 4 is 46.1 Å². The number of rotatable bonds is 1. The van der Waals surface area contributed by atoms with E-state index in [0.717, 1.165) is 0 Å². The van der Waals surface area contributed by atoms with Gasteiger partial charge in [-0.25, -0.2) is 0 Å². The van der Waals surface area contributed by atoms with E-state index in [1.165, 1.54) is 6.07 Å². The lowest BCUT2D eigenvalue weighted by Crippen LogP contribution is -2.41. The van der Waals surface area contributed by atoms with Crippen LogP contribution in [0.15, 0.2) is 40.7 Å². The summed E-state index contributed by atoms with van der Waals surface area (Å²) in [5, 5.41) is 0.610. The second-order valence-electron chi connectivity index (χ2n) is 6.65. The molecule has 2 heterocycles. The highest BCUT2D eigenvalue weighted by Gasteiger charge is 2.52. The standard InChI is InChI=1S/C18H18BClO3/c1-17(2)18(3,4)23-19(22-17)13-9-11(20)10-15-16(13)12-7-5-6-8-14(12)21-15/h5-10H,1-4H3/i5D,6D,8D,9D,10D. The van der Waals surface area contributed by atoms with E-state index in [2.05, 4.69) is 0 Å². The van der Waals surface area contributed by atoms with E-state index in [1.54, 1.807) is 0 Å². The third-order valence-electron chi connectivity index (χ3n) is 4.64. The molecule has 4 rings (SSSR count). The first-order valence-corrected chi connectivity index (χ1v) is 7.72. The molecule has 0 aliphatic carbocycles. The van der Waals surface area contributed by atoms with Gasteiger partial charge < -0.3 is 13.7 Å². The predicted molar refractivity (Wildman–Crippen MR) is 94.4 cm³/mol. The molecule has 0 amide bonds. The summed E-state index contributed by atoms with van der Waals surface area (Å²) >= 11 is 6.25. The number of hydrogen-bond donors (Lipinski definition) is 0. The van der Waals surface area contributed by atoms with Gasteiger partial charge in [-0.15, -0.1) is 0 Å². The Labute approximate surface area is 147 Å². The summed E-state index contributed by atoms with van der Waals surface area (Å²) in [6, 6.07) is 0.438. The van der Waals surface area contributed by atoms with Gasteiger partial charge in [-0.05, 0) is 45.2 Å². The first kappa shape index (κ1) is 10.4. The van der Waals surface area contributed by atoms with Gasteiger partial charge in [-0.1, -0.05) is 29.8 Å². The number of furan rings is 1. The Hall–Kier alpha value is -1.49. The molecule has 0 radical (unpaired) electrons. The maximum Gasteiger partial charge on any atom is 0.495 e. The quantitative estimate of drug-likeness (QED) is 0.613. The zero-order valence-electron chi connectivity index (χ0n) is 18.3. The van der Waals surface area contributed by atoms with Crippen molar-refractivity contribution in [1.82, 2.24) is 0 Å². The molecule has 118 valence electrons. The summed E-state index contributed by atoms with van der Waals surface area (Å²) < 4.78 is 58.7. The van der Waals surface area contributed by atoms with Crippen LogP contribution in [0.2, 0.25) is 5.02 Å². The molecule has 0 bridgehead atoms. The van der Waals surface area contributed by atoms with Crippen molar-refractivity contribution in [3.63, 3.8) is 0 Å². The fraction of sp³-hybridized carbons (Fsp3) is 0.333. The lowest BCUT2D eigenvalue weighted by Gasteiger charge is -2.32. The minimum absolute atomic E-state index is 0.0731. The molecule has 0 saturated carbocycles. The average molecular weight is 334 g/mol.